The van der Waals surface area contributed by atoms with Crippen molar-refractivity contribution in [3.63, 3.8) is 0 Å². The van der Waals surface area contributed by atoms with Gasteiger partial charge in [0.15, 0.2) is 5.78 Å². The first-order valence-electron chi connectivity index (χ1n) is 6.10. The van der Waals surface area contributed by atoms with Gasteiger partial charge in [-0.25, -0.2) is 0 Å². The molecule has 1 N–H and O–H groups in total. The summed E-state index contributed by atoms with van der Waals surface area (Å²) in [6, 6.07) is 0. The van der Waals surface area contributed by atoms with Crippen LogP contribution in [-0.4, -0.2) is 16.5 Å². The molecule has 15 heavy (non-hydrogen) atoms. The molecule has 1 atom stereocenters. The minimum atomic E-state index is -1.03. The molecular formula is C13H22O2. The second kappa shape index (κ2) is 6.06. The zero-order chi connectivity index (χ0) is 11.1. The Hall–Kier alpha value is -0.630. The van der Waals surface area contributed by atoms with Crippen LogP contribution in [0.3, 0.4) is 0 Å². The van der Waals surface area contributed by atoms with E-state index in [2.05, 4.69) is 13.0 Å². The van der Waals surface area contributed by atoms with Crippen LogP contribution in [0.4, 0.5) is 0 Å². The van der Waals surface area contributed by atoms with Crippen molar-refractivity contribution in [2.24, 2.45) is 0 Å². The maximum atomic E-state index is 11.4. The molecular weight excluding hydrogens is 188 g/mol. The van der Waals surface area contributed by atoms with E-state index in [-0.39, 0.29) is 5.78 Å². The summed E-state index contributed by atoms with van der Waals surface area (Å²) >= 11 is 0. The van der Waals surface area contributed by atoms with E-state index in [0.717, 1.165) is 12.8 Å². The fraction of sp³-hybridized carbons (Fsp3) is 0.769. The monoisotopic (exact) mass is 210 g/mol. The summed E-state index contributed by atoms with van der Waals surface area (Å²) in [5.74, 6) is 0.0284. The molecule has 0 aromatic heterocycles. The van der Waals surface area contributed by atoms with Gasteiger partial charge >= 0.3 is 0 Å². The minimum absolute atomic E-state index is 0.0284. The summed E-state index contributed by atoms with van der Waals surface area (Å²) in [6.07, 6.45) is 11.4. The summed E-state index contributed by atoms with van der Waals surface area (Å²) in [5, 5.41) is 9.96. The van der Waals surface area contributed by atoms with Crippen LogP contribution in [0.25, 0.3) is 0 Å². The van der Waals surface area contributed by atoms with Gasteiger partial charge in [-0.05, 0) is 25.7 Å². The van der Waals surface area contributed by atoms with Crippen molar-refractivity contribution in [1.82, 2.24) is 0 Å². The van der Waals surface area contributed by atoms with E-state index in [9.17, 15) is 9.90 Å². The van der Waals surface area contributed by atoms with Crippen LogP contribution in [0.2, 0.25) is 0 Å². The lowest BCUT2D eigenvalue weighted by Crippen LogP contribution is -2.32. The molecule has 0 aliphatic heterocycles. The topological polar surface area (TPSA) is 37.3 Å². The zero-order valence-electron chi connectivity index (χ0n) is 9.67. The van der Waals surface area contributed by atoms with Gasteiger partial charge in [0, 0.05) is 12.8 Å². The number of rotatable bonds is 6. The zero-order valence-corrected chi connectivity index (χ0v) is 9.67. The number of carbonyl (C=O) groups excluding carboxylic acids is 1. The third-order valence-electron chi connectivity index (χ3n) is 3.11. The number of ketones is 1. The summed E-state index contributed by atoms with van der Waals surface area (Å²) in [4.78, 5) is 11.4. The number of allylic oxidation sites excluding steroid dienone is 1. The molecule has 0 saturated heterocycles. The van der Waals surface area contributed by atoms with Gasteiger partial charge in [0.1, 0.15) is 5.60 Å². The van der Waals surface area contributed by atoms with Crippen molar-refractivity contribution in [3.05, 3.63) is 12.2 Å². The summed E-state index contributed by atoms with van der Waals surface area (Å²) in [7, 11) is 0. The normalized spacial score (nSPS) is 26.7. The second-order valence-electron chi connectivity index (χ2n) is 4.48. The van der Waals surface area contributed by atoms with Gasteiger partial charge < -0.3 is 5.11 Å². The Balaban J connectivity index is 2.21. The molecule has 0 bridgehead atoms. The average molecular weight is 210 g/mol. The number of hydrogen-bond donors (Lipinski definition) is 1. The van der Waals surface area contributed by atoms with Crippen molar-refractivity contribution < 1.29 is 9.90 Å². The molecule has 1 fully saturated rings. The highest BCUT2D eigenvalue weighted by molar-refractivity contribution is 5.89. The smallest absolute Gasteiger partial charge is 0.164 e. The predicted octanol–water partition coefficient (Wildman–Crippen LogP) is 3.00. The first kappa shape index (κ1) is 12.4. The van der Waals surface area contributed by atoms with E-state index in [1.165, 1.54) is 19.3 Å². The standard InChI is InChI=1S/C13H22O2/c1-2-3-4-5-6-7-10-13(15)11-8-9-12(13)14/h6-7,15H,2-5,8-11H2,1H3/b7-6-/t13-/m0/s1. The fourth-order valence-electron chi connectivity index (χ4n) is 2.04. The summed E-state index contributed by atoms with van der Waals surface area (Å²) < 4.78 is 0. The van der Waals surface area contributed by atoms with E-state index in [0.29, 0.717) is 19.3 Å². The molecule has 2 heteroatoms. The first-order chi connectivity index (χ1) is 7.19. The van der Waals surface area contributed by atoms with Crippen LogP contribution in [0.5, 0.6) is 0 Å². The third-order valence-corrected chi connectivity index (χ3v) is 3.11. The molecule has 86 valence electrons. The van der Waals surface area contributed by atoms with E-state index >= 15 is 0 Å². The SMILES string of the molecule is CCCCC/C=C\C[C@]1(O)CCCC1=O. The van der Waals surface area contributed by atoms with Crippen LogP contribution in [0, 0.1) is 0 Å². The lowest BCUT2D eigenvalue weighted by atomic mass is 9.96. The van der Waals surface area contributed by atoms with Crippen LogP contribution < -0.4 is 0 Å². The highest BCUT2D eigenvalue weighted by Crippen LogP contribution is 2.29. The Kier molecular flexibility index (Phi) is 5.03. The van der Waals surface area contributed by atoms with Crippen molar-refractivity contribution in [3.8, 4) is 0 Å². The molecule has 2 nitrogen and oxygen atoms in total. The van der Waals surface area contributed by atoms with Crippen molar-refractivity contribution in [2.45, 2.75) is 63.9 Å². The lowest BCUT2D eigenvalue weighted by molar-refractivity contribution is -0.133. The maximum absolute atomic E-state index is 11.4. The molecule has 1 aliphatic carbocycles. The molecule has 0 heterocycles. The van der Waals surface area contributed by atoms with Gasteiger partial charge in [0.05, 0.1) is 0 Å². The molecule has 0 unspecified atom stereocenters. The lowest BCUT2D eigenvalue weighted by Gasteiger charge is -2.17. The largest absolute Gasteiger partial charge is 0.382 e. The van der Waals surface area contributed by atoms with Crippen LogP contribution in [0.1, 0.15) is 58.3 Å². The Bertz CT molecular complexity index is 233. The minimum Gasteiger partial charge on any atom is -0.382 e. The maximum Gasteiger partial charge on any atom is 0.164 e. The Morgan fingerprint density at radius 3 is 2.80 bits per heavy atom. The number of hydrogen-bond acceptors (Lipinski definition) is 2. The molecule has 1 saturated carbocycles. The number of carbonyl (C=O) groups is 1. The molecule has 0 aromatic rings. The van der Waals surface area contributed by atoms with Gasteiger partial charge in [0.25, 0.3) is 0 Å². The third kappa shape index (κ3) is 3.78. The van der Waals surface area contributed by atoms with E-state index in [1.54, 1.807) is 0 Å². The van der Waals surface area contributed by atoms with Crippen molar-refractivity contribution in [2.75, 3.05) is 0 Å². The summed E-state index contributed by atoms with van der Waals surface area (Å²) in [5.41, 5.74) is -1.03. The van der Waals surface area contributed by atoms with Gasteiger partial charge in [-0.1, -0.05) is 31.9 Å². The second-order valence-corrected chi connectivity index (χ2v) is 4.48. The first-order valence-corrected chi connectivity index (χ1v) is 6.10. The highest BCUT2D eigenvalue weighted by Gasteiger charge is 2.38. The fourth-order valence-corrected chi connectivity index (χ4v) is 2.04. The molecule has 1 rings (SSSR count). The van der Waals surface area contributed by atoms with Gasteiger partial charge in [-0.3, -0.25) is 4.79 Å². The van der Waals surface area contributed by atoms with Crippen LogP contribution in [0.15, 0.2) is 12.2 Å². The quantitative estimate of drug-likeness (QED) is 0.540. The Morgan fingerprint density at radius 1 is 1.40 bits per heavy atom. The van der Waals surface area contributed by atoms with Crippen LogP contribution >= 0.6 is 0 Å². The molecule has 1 aliphatic rings. The summed E-state index contributed by atoms with van der Waals surface area (Å²) in [6.45, 7) is 2.18. The van der Waals surface area contributed by atoms with Crippen molar-refractivity contribution in [1.29, 1.82) is 0 Å². The predicted molar refractivity (Wildman–Crippen MR) is 61.7 cm³/mol. The average Bonchev–Trinajstić information content (AvgIpc) is 2.54. The number of Topliss-reactive ketones (excluding diaryl/α,β-unsaturated/α-hetero) is 1. The number of aliphatic hydroxyl groups is 1. The molecule has 0 aromatic carbocycles. The van der Waals surface area contributed by atoms with Crippen molar-refractivity contribution >= 4 is 5.78 Å². The highest BCUT2D eigenvalue weighted by atomic mass is 16.3. The molecule has 0 radical (unpaired) electrons. The van der Waals surface area contributed by atoms with E-state index < -0.39 is 5.60 Å². The molecule has 0 amide bonds. The Morgan fingerprint density at radius 2 is 2.20 bits per heavy atom. The van der Waals surface area contributed by atoms with Gasteiger partial charge in [-0.15, -0.1) is 0 Å². The van der Waals surface area contributed by atoms with Crippen LogP contribution in [-0.2, 0) is 4.79 Å². The molecule has 0 spiro atoms. The van der Waals surface area contributed by atoms with Gasteiger partial charge in [0.2, 0.25) is 0 Å². The van der Waals surface area contributed by atoms with E-state index in [4.69, 9.17) is 0 Å². The number of unbranched alkanes of at least 4 members (excludes halogenated alkanes) is 3. The van der Waals surface area contributed by atoms with Gasteiger partial charge in [-0.2, -0.15) is 0 Å². The Labute approximate surface area is 92.4 Å². The van der Waals surface area contributed by atoms with E-state index in [1.807, 2.05) is 6.08 Å².